The zero-order valence-corrected chi connectivity index (χ0v) is 14.6. The van der Waals surface area contributed by atoms with E-state index in [0.717, 1.165) is 6.42 Å². The fourth-order valence-electron chi connectivity index (χ4n) is 2.42. The molecule has 1 aliphatic heterocycles. The summed E-state index contributed by atoms with van der Waals surface area (Å²) in [4.78, 5) is 43.7. The van der Waals surface area contributed by atoms with Crippen LogP contribution in [0.1, 0.15) is 67.7 Å². The summed E-state index contributed by atoms with van der Waals surface area (Å²) < 4.78 is 0. The highest BCUT2D eigenvalue weighted by atomic mass is 17.3. The first-order valence-electron chi connectivity index (χ1n) is 7.80. The molecule has 0 radical (unpaired) electrons. The van der Waals surface area contributed by atoms with Crippen molar-refractivity contribution in [3.05, 3.63) is 0 Å². The predicted octanol–water partition coefficient (Wildman–Crippen LogP) is 3.34. The molecule has 0 aromatic carbocycles. The summed E-state index contributed by atoms with van der Waals surface area (Å²) in [6.45, 7) is 13.1. The Hall–Kier alpha value is -1.14. The topological polar surface area (TPSA) is 71.1 Å². The third-order valence-corrected chi connectivity index (χ3v) is 4.78. The third kappa shape index (κ3) is 3.27. The first-order chi connectivity index (χ1) is 10.0. The van der Waals surface area contributed by atoms with Crippen LogP contribution in [0.25, 0.3) is 0 Å². The minimum Gasteiger partial charge on any atom is -0.247 e. The second-order valence-corrected chi connectivity index (χ2v) is 7.26. The highest BCUT2D eigenvalue weighted by Gasteiger charge is 2.56. The van der Waals surface area contributed by atoms with Gasteiger partial charge in [0.25, 0.3) is 0 Å². The molecule has 1 rings (SSSR count). The Balaban J connectivity index is 2.70. The Morgan fingerprint density at radius 3 is 2.09 bits per heavy atom. The summed E-state index contributed by atoms with van der Waals surface area (Å²) in [5.74, 6) is -1.31. The Morgan fingerprint density at radius 2 is 1.73 bits per heavy atom. The molecular formula is C16H28O6. The standard InChI is InChI=1S/C16H28O6/c1-8-10-15(6,14(3,4)5)12(17)20-21-13(18)16(7)11(9-2)19-22-16/h11H,8-10H2,1-7H3. The van der Waals surface area contributed by atoms with Gasteiger partial charge < -0.3 is 0 Å². The molecule has 3 unspecified atom stereocenters. The molecule has 0 spiro atoms. The lowest BCUT2D eigenvalue weighted by molar-refractivity contribution is -0.496. The molecule has 1 heterocycles. The van der Waals surface area contributed by atoms with Crippen molar-refractivity contribution in [1.82, 2.24) is 0 Å². The number of hydrogen-bond acceptors (Lipinski definition) is 6. The monoisotopic (exact) mass is 316 g/mol. The van der Waals surface area contributed by atoms with Crippen molar-refractivity contribution in [2.24, 2.45) is 10.8 Å². The van der Waals surface area contributed by atoms with E-state index in [0.29, 0.717) is 12.8 Å². The van der Waals surface area contributed by atoms with E-state index in [-0.39, 0.29) is 5.41 Å². The van der Waals surface area contributed by atoms with E-state index in [1.54, 1.807) is 6.92 Å². The SMILES string of the molecule is CCCC(C)(C(=O)OOC(=O)C1(C)OOC1CC)C(C)(C)C. The van der Waals surface area contributed by atoms with Gasteiger partial charge in [-0.3, -0.25) is 0 Å². The summed E-state index contributed by atoms with van der Waals surface area (Å²) in [5.41, 5.74) is -2.29. The van der Waals surface area contributed by atoms with Crippen molar-refractivity contribution in [2.45, 2.75) is 79.4 Å². The molecule has 0 N–H and O–H groups in total. The molecule has 1 fully saturated rings. The van der Waals surface area contributed by atoms with Crippen LogP contribution in [0, 0.1) is 10.8 Å². The van der Waals surface area contributed by atoms with E-state index in [9.17, 15) is 9.59 Å². The average molecular weight is 316 g/mol. The lowest BCUT2D eigenvalue weighted by Gasteiger charge is -2.41. The van der Waals surface area contributed by atoms with Gasteiger partial charge in [-0.05, 0) is 32.1 Å². The Kier molecular flexibility index (Phi) is 5.62. The second kappa shape index (κ2) is 6.54. The quantitative estimate of drug-likeness (QED) is 0.572. The third-order valence-electron chi connectivity index (χ3n) is 4.78. The van der Waals surface area contributed by atoms with E-state index in [4.69, 9.17) is 19.6 Å². The molecule has 1 aliphatic rings. The summed E-state index contributed by atoms with van der Waals surface area (Å²) in [5, 5.41) is 0. The van der Waals surface area contributed by atoms with Crippen LogP contribution < -0.4 is 0 Å². The van der Waals surface area contributed by atoms with Gasteiger partial charge in [-0.1, -0.05) is 41.0 Å². The van der Waals surface area contributed by atoms with Crippen LogP contribution in [0.3, 0.4) is 0 Å². The molecule has 6 nitrogen and oxygen atoms in total. The Bertz CT molecular complexity index is 425. The normalized spacial score (nSPS) is 27.5. The van der Waals surface area contributed by atoms with Crippen LogP contribution in [0.2, 0.25) is 0 Å². The maximum Gasteiger partial charge on any atom is 0.392 e. The molecule has 0 amide bonds. The van der Waals surface area contributed by atoms with Gasteiger partial charge in [0.05, 0.1) is 5.41 Å². The molecule has 0 aliphatic carbocycles. The van der Waals surface area contributed by atoms with Crippen LogP contribution in [-0.2, 0) is 29.1 Å². The highest BCUT2D eigenvalue weighted by molar-refractivity contribution is 5.82. The van der Waals surface area contributed by atoms with Gasteiger partial charge in [-0.2, -0.15) is 0 Å². The molecule has 0 aromatic rings. The van der Waals surface area contributed by atoms with Crippen molar-refractivity contribution >= 4 is 11.9 Å². The molecule has 22 heavy (non-hydrogen) atoms. The zero-order chi connectivity index (χ0) is 17.2. The Morgan fingerprint density at radius 1 is 1.14 bits per heavy atom. The van der Waals surface area contributed by atoms with Crippen molar-refractivity contribution in [2.75, 3.05) is 0 Å². The summed E-state index contributed by atoms with van der Waals surface area (Å²) in [6, 6.07) is 0. The second-order valence-electron chi connectivity index (χ2n) is 7.26. The molecular weight excluding hydrogens is 288 g/mol. The minimum atomic E-state index is -1.22. The van der Waals surface area contributed by atoms with E-state index in [2.05, 4.69) is 0 Å². The molecule has 1 saturated heterocycles. The van der Waals surface area contributed by atoms with Crippen molar-refractivity contribution in [3.8, 4) is 0 Å². The molecule has 128 valence electrons. The molecule has 0 bridgehead atoms. The summed E-state index contributed by atoms with van der Waals surface area (Å²) >= 11 is 0. The van der Waals surface area contributed by atoms with Gasteiger partial charge in [-0.25, -0.2) is 29.1 Å². The van der Waals surface area contributed by atoms with Gasteiger partial charge in [0.1, 0.15) is 6.10 Å². The summed E-state index contributed by atoms with van der Waals surface area (Å²) in [7, 11) is 0. The van der Waals surface area contributed by atoms with Crippen molar-refractivity contribution in [3.63, 3.8) is 0 Å². The number of carbonyl (C=O) groups excluding carboxylic acids is 2. The fraction of sp³-hybridized carbons (Fsp3) is 0.875. The predicted molar refractivity (Wildman–Crippen MR) is 79.3 cm³/mol. The van der Waals surface area contributed by atoms with Crippen LogP contribution in [0.15, 0.2) is 0 Å². The van der Waals surface area contributed by atoms with E-state index in [1.165, 1.54) is 0 Å². The lowest BCUT2D eigenvalue weighted by Crippen LogP contribution is -2.60. The highest BCUT2D eigenvalue weighted by Crippen LogP contribution is 2.43. The number of hydrogen-bond donors (Lipinski definition) is 0. The van der Waals surface area contributed by atoms with Gasteiger partial charge >= 0.3 is 11.9 Å². The minimum absolute atomic E-state index is 0.321. The Labute approximate surface area is 132 Å². The fourth-order valence-corrected chi connectivity index (χ4v) is 2.42. The first kappa shape index (κ1) is 18.9. The van der Waals surface area contributed by atoms with Crippen LogP contribution in [0.5, 0.6) is 0 Å². The zero-order valence-electron chi connectivity index (χ0n) is 14.6. The van der Waals surface area contributed by atoms with Crippen LogP contribution in [0.4, 0.5) is 0 Å². The van der Waals surface area contributed by atoms with E-state index in [1.807, 2.05) is 41.5 Å². The maximum absolute atomic E-state index is 12.4. The number of carbonyl (C=O) groups is 2. The largest absolute Gasteiger partial charge is 0.392 e. The molecule has 0 saturated carbocycles. The van der Waals surface area contributed by atoms with Crippen molar-refractivity contribution in [1.29, 1.82) is 0 Å². The molecule has 6 heteroatoms. The lowest BCUT2D eigenvalue weighted by atomic mass is 9.65. The van der Waals surface area contributed by atoms with Gasteiger partial charge in [-0.15, -0.1) is 0 Å². The molecule has 3 atom stereocenters. The smallest absolute Gasteiger partial charge is 0.247 e. The average Bonchev–Trinajstić information content (AvgIpc) is 2.41. The summed E-state index contributed by atoms with van der Waals surface area (Å²) in [6.07, 6.45) is 1.66. The van der Waals surface area contributed by atoms with Crippen LogP contribution in [-0.4, -0.2) is 23.6 Å². The maximum atomic E-state index is 12.4. The molecule has 0 aromatic heterocycles. The van der Waals surface area contributed by atoms with Crippen LogP contribution >= 0.6 is 0 Å². The first-order valence-corrected chi connectivity index (χ1v) is 7.80. The van der Waals surface area contributed by atoms with Crippen molar-refractivity contribution < 1.29 is 29.1 Å². The van der Waals surface area contributed by atoms with E-state index >= 15 is 0 Å². The van der Waals surface area contributed by atoms with Gasteiger partial charge in [0, 0.05) is 0 Å². The van der Waals surface area contributed by atoms with Gasteiger partial charge in [0.2, 0.25) is 5.60 Å². The number of rotatable bonds is 5. The van der Waals surface area contributed by atoms with Gasteiger partial charge in [0.15, 0.2) is 0 Å². The van der Waals surface area contributed by atoms with E-state index < -0.39 is 29.1 Å².